The predicted octanol–water partition coefficient (Wildman–Crippen LogP) is 8.08. The fraction of sp³-hybridized carbons (Fsp3) is 0.250. The molecule has 0 aliphatic heterocycles. The lowest BCUT2D eigenvalue weighted by atomic mass is 9.91. The van der Waals surface area contributed by atoms with E-state index >= 15 is 0 Å². The molecule has 0 aromatic heterocycles. The molecule has 0 radical (unpaired) electrons. The Morgan fingerprint density at radius 1 is 0.857 bits per heavy atom. The van der Waals surface area contributed by atoms with Crippen LogP contribution in [0.15, 0.2) is 71.2 Å². The Morgan fingerprint density at radius 3 is 2.05 bits per heavy atom. The molecule has 42 heavy (non-hydrogen) atoms. The van der Waals surface area contributed by atoms with Crippen molar-refractivity contribution in [3.05, 3.63) is 113 Å². The second-order valence-electron chi connectivity index (χ2n) is 8.78. The van der Waals surface area contributed by atoms with Gasteiger partial charge < -0.3 is 14.2 Å². The first-order valence-electron chi connectivity index (χ1n) is 12.4. The molecular weight excluding hydrogens is 634 g/mol. The number of rotatable bonds is 16. The van der Waals surface area contributed by atoms with Gasteiger partial charge in [0.25, 0.3) is 5.69 Å². The molecule has 1 unspecified atom stereocenters. The summed E-state index contributed by atoms with van der Waals surface area (Å²) in [5.74, 6) is 0.218. The van der Waals surface area contributed by atoms with Crippen molar-refractivity contribution in [3.63, 3.8) is 0 Å². The van der Waals surface area contributed by atoms with Crippen molar-refractivity contribution >= 4 is 57.9 Å². The highest BCUT2D eigenvalue weighted by molar-refractivity contribution is 6.55. The van der Waals surface area contributed by atoms with Gasteiger partial charge in [0.15, 0.2) is 11.5 Å². The van der Waals surface area contributed by atoms with Gasteiger partial charge in [0.05, 0.1) is 34.1 Å². The van der Waals surface area contributed by atoms with Crippen molar-refractivity contribution in [2.45, 2.75) is 18.8 Å². The van der Waals surface area contributed by atoms with Crippen LogP contribution in [-0.4, -0.2) is 42.0 Å². The van der Waals surface area contributed by atoms with E-state index in [1.807, 2.05) is 0 Å². The molecule has 3 rings (SSSR count). The fourth-order valence-corrected chi connectivity index (χ4v) is 4.50. The number of nitro benzene ring substituents is 1. The van der Waals surface area contributed by atoms with Gasteiger partial charge in [-0.3, -0.25) is 25.0 Å². The highest BCUT2D eigenvalue weighted by atomic mass is 35.5. The van der Waals surface area contributed by atoms with Crippen molar-refractivity contribution in [1.29, 1.82) is 0 Å². The van der Waals surface area contributed by atoms with Crippen molar-refractivity contribution in [1.82, 2.24) is 0 Å². The van der Waals surface area contributed by atoms with Crippen LogP contribution >= 0.6 is 46.4 Å². The maximum absolute atomic E-state index is 12.9. The van der Waals surface area contributed by atoms with Crippen LogP contribution in [-0.2, 0) is 0 Å². The minimum atomic E-state index is -0.734. The lowest BCUT2D eigenvalue weighted by Gasteiger charge is -2.13. The number of hydrogen-bond acceptors (Lipinski definition) is 8. The Morgan fingerprint density at radius 2 is 1.48 bits per heavy atom. The lowest BCUT2D eigenvalue weighted by Crippen LogP contribution is -2.16. The molecule has 0 spiro atoms. The quantitative estimate of drug-likeness (QED) is 0.0654. The SMILES string of the molecule is O=C(CC(C[N+](=O)[O-])c1ccc([N+](=O)[O-])cc1)c1ccc(OCCCOc2c(Cl)cc(OCC=C(Cl)Cl)cc2Cl)cc1. The first-order valence-corrected chi connectivity index (χ1v) is 13.9. The van der Waals surface area contributed by atoms with Crippen LogP contribution in [0.25, 0.3) is 0 Å². The van der Waals surface area contributed by atoms with E-state index in [1.54, 1.807) is 36.4 Å². The number of non-ortho nitro benzene ring substituents is 1. The second-order valence-corrected chi connectivity index (χ2v) is 10.6. The number of benzene rings is 3. The van der Waals surface area contributed by atoms with E-state index in [0.29, 0.717) is 41.4 Å². The van der Waals surface area contributed by atoms with Crippen LogP contribution in [0.2, 0.25) is 10.0 Å². The lowest BCUT2D eigenvalue weighted by molar-refractivity contribution is -0.483. The molecule has 10 nitrogen and oxygen atoms in total. The molecule has 0 aliphatic rings. The van der Waals surface area contributed by atoms with Crippen molar-refractivity contribution < 1.29 is 28.9 Å². The molecule has 0 aliphatic carbocycles. The van der Waals surface area contributed by atoms with E-state index in [0.717, 1.165) is 0 Å². The van der Waals surface area contributed by atoms with Gasteiger partial charge in [-0.2, -0.15) is 0 Å². The first-order chi connectivity index (χ1) is 20.0. The van der Waals surface area contributed by atoms with Gasteiger partial charge >= 0.3 is 0 Å². The maximum atomic E-state index is 12.9. The van der Waals surface area contributed by atoms with Gasteiger partial charge in [0.2, 0.25) is 6.54 Å². The van der Waals surface area contributed by atoms with Gasteiger partial charge in [-0.05, 0) is 35.9 Å². The van der Waals surface area contributed by atoms with E-state index in [2.05, 4.69) is 0 Å². The molecule has 0 saturated heterocycles. The number of nitro groups is 2. The van der Waals surface area contributed by atoms with Gasteiger partial charge in [0, 0.05) is 47.6 Å². The molecule has 3 aromatic carbocycles. The highest BCUT2D eigenvalue weighted by Gasteiger charge is 2.23. The van der Waals surface area contributed by atoms with Crippen LogP contribution in [0.4, 0.5) is 5.69 Å². The molecule has 0 heterocycles. The number of ether oxygens (including phenoxy) is 3. The number of carbonyl (C=O) groups excluding carboxylic acids is 1. The highest BCUT2D eigenvalue weighted by Crippen LogP contribution is 2.37. The molecule has 0 fully saturated rings. The van der Waals surface area contributed by atoms with E-state index < -0.39 is 22.3 Å². The van der Waals surface area contributed by atoms with Crippen LogP contribution < -0.4 is 14.2 Å². The van der Waals surface area contributed by atoms with Gasteiger partial charge in [-0.1, -0.05) is 58.5 Å². The Balaban J connectivity index is 1.48. The molecule has 1 atom stereocenters. The third kappa shape index (κ3) is 10.4. The molecule has 0 saturated carbocycles. The zero-order chi connectivity index (χ0) is 30.6. The number of halogens is 4. The van der Waals surface area contributed by atoms with E-state index in [-0.39, 0.29) is 45.6 Å². The average Bonchev–Trinajstić information content (AvgIpc) is 2.93. The maximum Gasteiger partial charge on any atom is 0.269 e. The van der Waals surface area contributed by atoms with E-state index in [1.165, 1.54) is 30.3 Å². The van der Waals surface area contributed by atoms with Crippen molar-refractivity contribution in [3.8, 4) is 17.2 Å². The fourth-order valence-electron chi connectivity index (χ4n) is 3.80. The zero-order valence-corrected chi connectivity index (χ0v) is 24.9. The minimum Gasteiger partial charge on any atom is -0.493 e. The summed E-state index contributed by atoms with van der Waals surface area (Å²) in [5.41, 5.74) is 0.701. The molecule has 0 amide bonds. The third-order valence-corrected chi connectivity index (χ3v) is 6.69. The van der Waals surface area contributed by atoms with Crippen molar-refractivity contribution in [2.75, 3.05) is 26.4 Å². The molecule has 0 N–H and O–H groups in total. The summed E-state index contributed by atoms with van der Waals surface area (Å²) in [4.78, 5) is 33.9. The summed E-state index contributed by atoms with van der Waals surface area (Å²) in [7, 11) is 0. The zero-order valence-electron chi connectivity index (χ0n) is 21.8. The predicted molar refractivity (Wildman–Crippen MR) is 160 cm³/mol. The smallest absolute Gasteiger partial charge is 0.269 e. The largest absolute Gasteiger partial charge is 0.493 e. The van der Waals surface area contributed by atoms with Crippen molar-refractivity contribution in [2.24, 2.45) is 0 Å². The monoisotopic (exact) mass is 656 g/mol. The summed E-state index contributed by atoms with van der Waals surface area (Å²) >= 11 is 23.6. The number of Topliss-reactive ketones (excluding diaryl/α,β-unsaturated/α-hetero) is 1. The molecule has 0 bridgehead atoms. The second kappa shape index (κ2) is 16.2. The number of hydrogen-bond donors (Lipinski definition) is 0. The normalized spacial score (nSPS) is 11.3. The molecule has 3 aromatic rings. The summed E-state index contributed by atoms with van der Waals surface area (Å²) in [5, 5.41) is 22.6. The third-order valence-electron chi connectivity index (χ3n) is 5.82. The summed E-state index contributed by atoms with van der Waals surface area (Å²) < 4.78 is 16.9. The standard InChI is InChI=1S/C28H24Cl4N2O8/c29-24-15-23(41-13-10-27(31)32)16-25(30)28(24)42-12-1-11-40-22-8-4-19(5-9-22)26(35)14-20(17-33(36)37)18-2-6-21(7-3-18)34(38)39/h2-10,15-16,20H,1,11-14,17H2. The molecular formula is C28H24Cl4N2O8. The topological polar surface area (TPSA) is 131 Å². The van der Waals surface area contributed by atoms with Gasteiger partial charge in [-0.25, -0.2) is 0 Å². The van der Waals surface area contributed by atoms with Crippen LogP contribution in [0.3, 0.4) is 0 Å². The summed E-state index contributed by atoms with van der Waals surface area (Å²) in [6, 6.07) is 14.9. The summed E-state index contributed by atoms with van der Waals surface area (Å²) in [6.45, 7) is 0.232. The van der Waals surface area contributed by atoms with Crippen LogP contribution in [0.1, 0.15) is 34.7 Å². The van der Waals surface area contributed by atoms with Gasteiger partial charge in [-0.15, -0.1) is 0 Å². The Bertz CT molecular complexity index is 1410. The van der Waals surface area contributed by atoms with Crippen LogP contribution in [0.5, 0.6) is 17.2 Å². The average molecular weight is 658 g/mol. The van der Waals surface area contributed by atoms with Crippen LogP contribution in [0, 0.1) is 20.2 Å². The first kappa shape index (κ1) is 32.9. The number of carbonyl (C=O) groups is 1. The Hall–Kier alpha value is -3.57. The van der Waals surface area contributed by atoms with E-state index in [4.69, 9.17) is 60.6 Å². The summed E-state index contributed by atoms with van der Waals surface area (Å²) in [6.07, 6.45) is 1.84. The van der Waals surface area contributed by atoms with E-state index in [9.17, 15) is 25.0 Å². The minimum absolute atomic E-state index is 0.0824. The Kier molecular flexibility index (Phi) is 12.7. The number of ketones is 1. The van der Waals surface area contributed by atoms with Gasteiger partial charge in [0.1, 0.15) is 22.6 Å². The molecule has 222 valence electrons. The number of nitrogens with zero attached hydrogens (tertiary/aromatic N) is 2. The Labute approximate surface area is 261 Å². The molecule has 14 heteroatoms.